The van der Waals surface area contributed by atoms with E-state index in [4.69, 9.17) is 16.0 Å². The summed E-state index contributed by atoms with van der Waals surface area (Å²) in [7, 11) is -3.16. The maximum Gasteiger partial charge on any atom is 0.274 e. The van der Waals surface area contributed by atoms with Crippen LogP contribution >= 0.6 is 23.4 Å². The molecule has 1 amide bonds. The van der Waals surface area contributed by atoms with E-state index in [1.54, 1.807) is 12.1 Å². The number of furan rings is 1. The van der Waals surface area contributed by atoms with Crippen LogP contribution in [0.1, 0.15) is 29.6 Å². The van der Waals surface area contributed by atoms with Crippen LogP contribution in [0.5, 0.6) is 0 Å². The van der Waals surface area contributed by atoms with Gasteiger partial charge in [-0.25, -0.2) is 18.4 Å². The second-order valence-corrected chi connectivity index (χ2v) is 9.72. The molecule has 2 aromatic rings. The van der Waals surface area contributed by atoms with Gasteiger partial charge in [-0.05, 0) is 24.3 Å². The number of amides is 1. The number of halogens is 1. The number of carbonyl (C=O) groups excluding carboxylic acids is 1. The van der Waals surface area contributed by atoms with Crippen LogP contribution in [0.25, 0.3) is 0 Å². The minimum absolute atomic E-state index is 0.0635. The topological polar surface area (TPSA) is 93.4 Å². The fourth-order valence-electron chi connectivity index (χ4n) is 2.79. The molecule has 1 fully saturated rings. The Hall–Kier alpha value is -1.58. The lowest BCUT2D eigenvalue weighted by Crippen LogP contribution is -2.41. The Bertz CT molecular complexity index is 887. The highest BCUT2D eigenvalue weighted by atomic mass is 35.5. The van der Waals surface area contributed by atoms with Gasteiger partial charge in [0.2, 0.25) is 0 Å². The first kappa shape index (κ1) is 19.2. The fourth-order valence-corrected chi connectivity index (χ4v) is 5.24. The van der Waals surface area contributed by atoms with Crippen molar-refractivity contribution in [2.75, 3.05) is 17.3 Å². The molecule has 0 saturated carbocycles. The van der Waals surface area contributed by atoms with E-state index in [-0.39, 0.29) is 28.8 Å². The van der Waals surface area contributed by atoms with Crippen molar-refractivity contribution in [3.05, 3.63) is 41.1 Å². The molecule has 0 bridgehead atoms. The van der Waals surface area contributed by atoms with E-state index in [9.17, 15) is 13.2 Å². The second kappa shape index (κ2) is 7.98. The van der Waals surface area contributed by atoms with Crippen LogP contribution in [0.15, 0.2) is 34.2 Å². The van der Waals surface area contributed by atoms with Crippen molar-refractivity contribution in [1.29, 1.82) is 0 Å². The van der Waals surface area contributed by atoms with Crippen molar-refractivity contribution < 1.29 is 17.6 Å². The Morgan fingerprint density at radius 2 is 2.31 bits per heavy atom. The lowest BCUT2D eigenvalue weighted by atomic mass is 10.2. The summed E-state index contributed by atoms with van der Waals surface area (Å²) in [5.74, 6) is 0.892. The van der Waals surface area contributed by atoms with E-state index in [2.05, 4.69) is 9.97 Å². The number of rotatable bonds is 6. The first-order chi connectivity index (χ1) is 12.4. The maximum absolute atomic E-state index is 13.2. The van der Waals surface area contributed by atoms with Gasteiger partial charge >= 0.3 is 0 Å². The zero-order chi connectivity index (χ0) is 18.7. The summed E-state index contributed by atoms with van der Waals surface area (Å²) >= 11 is 7.56. The zero-order valence-corrected chi connectivity index (χ0v) is 16.5. The van der Waals surface area contributed by atoms with E-state index in [1.807, 2.05) is 6.92 Å². The third kappa shape index (κ3) is 4.39. The molecule has 0 aliphatic carbocycles. The van der Waals surface area contributed by atoms with Crippen LogP contribution < -0.4 is 0 Å². The first-order valence-electron chi connectivity index (χ1n) is 8.08. The molecule has 3 rings (SSSR count). The van der Waals surface area contributed by atoms with Gasteiger partial charge in [0.05, 0.1) is 35.5 Å². The highest BCUT2D eigenvalue weighted by Crippen LogP contribution is 2.25. The Morgan fingerprint density at radius 1 is 1.50 bits per heavy atom. The molecule has 1 atom stereocenters. The highest BCUT2D eigenvalue weighted by Gasteiger charge is 2.36. The highest BCUT2D eigenvalue weighted by molar-refractivity contribution is 7.99. The summed E-state index contributed by atoms with van der Waals surface area (Å²) in [5, 5.41) is 0.595. The van der Waals surface area contributed by atoms with E-state index >= 15 is 0 Å². The van der Waals surface area contributed by atoms with Crippen LogP contribution in [0.4, 0.5) is 0 Å². The lowest BCUT2D eigenvalue weighted by molar-refractivity contribution is 0.0659. The van der Waals surface area contributed by atoms with Gasteiger partial charge in [0.1, 0.15) is 5.76 Å². The van der Waals surface area contributed by atoms with Crippen LogP contribution in [-0.2, 0) is 16.4 Å². The molecule has 1 saturated heterocycles. The van der Waals surface area contributed by atoms with E-state index < -0.39 is 21.8 Å². The Kier molecular flexibility index (Phi) is 5.89. The third-order valence-electron chi connectivity index (χ3n) is 4.01. The number of hydrogen-bond donors (Lipinski definition) is 0. The maximum atomic E-state index is 13.2. The van der Waals surface area contributed by atoms with Gasteiger partial charge in [0.15, 0.2) is 20.7 Å². The smallest absolute Gasteiger partial charge is 0.274 e. The first-order valence-corrected chi connectivity index (χ1v) is 11.3. The summed E-state index contributed by atoms with van der Waals surface area (Å²) in [6.07, 6.45) is 3.29. The average molecular weight is 416 g/mol. The van der Waals surface area contributed by atoms with Gasteiger partial charge < -0.3 is 9.32 Å². The molecule has 1 aliphatic heterocycles. The minimum atomic E-state index is -3.16. The molecule has 2 aromatic heterocycles. The van der Waals surface area contributed by atoms with Gasteiger partial charge in [0, 0.05) is 6.04 Å². The molecule has 0 radical (unpaired) electrons. The normalized spacial score (nSPS) is 18.8. The summed E-state index contributed by atoms with van der Waals surface area (Å²) in [4.78, 5) is 23.0. The number of hydrogen-bond acceptors (Lipinski definition) is 7. The quantitative estimate of drug-likeness (QED) is 0.528. The Balaban J connectivity index is 1.93. The van der Waals surface area contributed by atoms with Crippen LogP contribution in [-0.4, -0.2) is 52.5 Å². The largest absolute Gasteiger partial charge is 0.467 e. The van der Waals surface area contributed by atoms with Gasteiger partial charge in [-0.2, -0.15) is 0 Å². The molecule has 0 aromatic carbocycles. The number of nitrogens with zero attached hydrogens (tertiary/aromatic N) is 3. The van der Waals surface area contributed by atoms with E-state index in [0.29, 0.717) is 17.3 Å². The van der Waals surface area contributed by atoms with Gasteiger partial charge in [-0.1, -0.05) is 30.3 Å². The van der Waals surface area contributed by atoms with Crippen molar-refractivity contribution in [1.82, 2.24) is 14.9 Å². The molecule has 10 heteroatoms. The average Bonchev–Trinajstić information content (AvgIpc) is 3.23. The number of aromatic nitrogens is 2. The monoisotopic (exact) mass is 415 g/mol. The number of carbonyl (C=O) groups is 1. The molecular weight excluding hydrogens is 398 g/mol. The van der Waals surface area contributed by atoms with Crippen molar-refractivity contribution in [2.45, 2.75) is 31.1 Å². The summed E-state index contributed by atoms with van der Waals surface area (Å²) in [6.45, 7) is 2.11. The van der Waals surface area contributed by atoms with Crippen molar-refractivity contribution in [2.24, 2.45) is 0 Å². The van der Waals surface area contributed by atoms with Crippen LogP contribution in [0, 0.1) is 0 Å². The fraction of sp³-hybridized carbons (Fsp3) is 0.438. The Morgan fingerprint density at radius 3 is 2.92 bits per heavy atom. The zero-order valence-electron chi connectivity index (χ0n) is 14.1. The van der Waals surface area contributed by atoms with Crippen molar-refractivity contribution in [3.8, 4) is 0 Å². The van der Waals surface area contributed by atoms with Crippen LogP contribution in [0.2, 0.25) is 5.02 Å². The number of thioether (sulfide) groups is 1. The second-order valence-electron chi connectivity index (χ2n) is 5.85. The van der Waals surface area contributed by atoms with Crippen LogP contribution in [0.3, 0.4) is 0 Å². The predicted molar refractivity (Wildman–Crippen MR) is 99.1 cm³/mol. The third-order valence-corrected chi connectivity index (χ3v) is 6.78. The molecule has 7 nitrogen and oxygen atoms in total. The summed E-state index contributed by atoms with van der Waals surface area (Å²) in [6, 6.07) is 3.02. The lowest BCUT2D eigenvalue weighted by Gasteiger charge is -2.27. The molecular formula is C16H18ClN3O4S2. The van der Waals surface area contributed by atoms with Crippen molar-refractivity contribution in [3.63, 3.8) is 0 Å². The molecule has 0 unspecified atom stereocenters. The van der Waals surface area contributed by atoms with Crippen molar-refractivity contribution >= 4 is 39.1 Å². The number of sulfone groups is 1. The molecule has 1 aliphatic rings. The Labute approximate surface area is 161 Å². The molecule has 0 spiro atoms. The summed E-state index contributed by atoms with van der Waals surface area (Å²) < 4.78 is 29.1. The van der Waals surface area contributed by atoms with E-state index in [0.717, 1.165) is 5.75 Å². The van der Waals surface area contributed by atoms with Gasteiger partial charge in [0.25, 0.3) is 5.91 Å². The molecule has 140 valence electrons. The standard InChI is InChI=1S/C16H18ClN3O4S2/c1-2-25-16-18-8-13(17)14(19-16)15(21)20(9-12-4-3-6-24-12)11-5-7-26(22,23)10-11/h3-4,6,8,11H,2,5,7,9-10H2,1H3/t11-/m0/s1. The molecule has 3 heterocycles. The minimum Gasteiger partial charge on any atom is -0.467 e. The summed E-state index contributed by atoms with van der Waals surface area (Å²) in [5.41, 5.74) is 0.0773. The van der Waals surface area contributed by atoms with E-state index in [1.165, 1.54) is 29.1 Å². The molecule has 0 N–H and O–H groups in total. The predicted octanol–water partition coefficient (Wildman–Crippen LogP) is 2.66. The SMILES string of the molecule is CCSc1ncc(Cl)c(C(=O)N(Cc2ccco2)[C@H]2CCS(=O)(=O)C2)n1. The van der Waals surface area contributed by atoms with Gasteiger partial charge in [-0.15, -0.1) is 0 Å². The molecule has 26 heavy (non-hydrogen) atoms. The van der Waals surface area contributed by atoms with Gasteiger partial charge in [-0.3, -0.25) is 4.79 Å².